The molecule has 0 amide bonds. The molecule has 96 valence electrons. The summed E-state index contributed by atoms with van der Waals surface area (Å²) in [5.41, 5.74) is 0.315. The molecule has 0 aliphatic heterocycles. The molecular weight excluding hydrogens is 238 g/mol. The number of aliphatic hydroxyl groups is 1. The van der Waals surface area contributed by atoms with Crippen molar-refractivity contribution < 1.29 is 13.5 Å². The summed E-state index contributed by atoms with van der Waals surface area (Å²) >= 11 is 0. The second-order valence-electron chi connectivity index (χ2n) is 4.82. The van der Waals surface area contributed by atoms with Crippen LogP contribution in [0.15, 0.2) is 29.2 Å². The Morgan fingerprint density at radius 3 is 2.06 bits per heavy atom. The lowest BCUT2D eigenvalue weighted by molar-refractivity contribution is 0.133. The van der Waals surface area contributed by atoms with Crippen LogP contribution in [0.25, 0.3) is 0 Å². The summed E-state index contributed by atoms with van der Waals surface area (Å²) in [7, 11) is -3.16. The topological polar surface area (TPSA) is 66.4 Å². The zero-order valence-corrected chi connectivity index (χ0v) is 11.4. The summed E-state index contributed by atoms with van der Waals surface area (Å²) in [6.45, 7) is 5.46. The Bertz CT molecular complexity index is 475. The summed E-state index contributed by atoms with van der Waals surface area (Å²) in [6.07, 6.45) is 0.659. The van der Waals surface area contributed by atoms with Crippen molar-refractivity contribution in [3.63, 3.8) is 0 Å². The smallest absolute Gasteiger partial charge is 0.175 e. The Hall–Kier alpha value is -1.07. The molecule has 0 fully saturated rings. The van der Waals surface area contributed by atoms with Gasteiger partial charge in [-0.25, -0.2) is 8.42 Å². The SMILES string of the molecule is CC(O)C(C)(C)Nc1ccc(S(C)(=O)=O)cc1. The van der Waals surface area contributed by atoms with Gasteiger partial charge in [-0.2, -0.15) is 0 Å². The standard InChI is InChI=1S/C12H19NO3S/c1-9(14)12(2,3)13-10-5-7-11(8-6-10)17(4,15)16/h5-9,13-14H,1-4H3. The highest BCUT2D eigenvalue weighted by molar-refractivity contribution is 7.90. The number of hydrogen-bond acceptors (Lipinski definition) is 4. The molecule has 1 atom stereocenters. The van der Waals surface area contributed by atoms with Gasteiger partial charge in [-0.3, -0.25) is 0 Å². The lowest BCUT2D eigenvalue weighted by atomic mass is 9.98. The van der Waals surface area contributed by atoms with Gasteiger partial charge in [-0.05, 0) is 45.0 Å². The first-order chi connectivity index (χ1) is 7.63. The van der Waals surface area contributed by atoms with Crippen LogP contribution in [0.4, 0.5) is 5.69 Å². The van der Waals surface area contributed by atoms with Gasteiger partial charge in [0.25, 0.3) is 0 Å². The highest BCUT2D eigenvalue weighted by Gasteiger charge is 2.23. The van der Waals surface area contributed by atoms with Gasteiger partial charge < -0.3 is 10.4 Å². The molecule has 0 saturated heterocycles. The minimum Gasteiger partial charge on any atom is -0.391 e. The van der Waals surface area contributed by atoms with Crippen LogP contribution in [0, 0.1) is 0 Å². The van der Waals surface area contributed by atoms with Gasteiger partial charge in [0.2, 0.25) is 0 Å². The Morgan fingerprint density at radius 2 is 1.71 bits per heavy atom. The van der Waals surface area contributed by atoms with Crippen LogP contribution < -0.4 is 5.32 Å². The normalized spacial score (nSPS) is 14.4. The van der Waals surface area contributed by atoms with Gasteiger partial charge >= 0.3 is 0 Å². The maximum atomic E-state index is 11.3. The molecule has 0 aliphatic carbocycles. The van der Waals surface area contributed by atoms with E-state index in [0.717, 1.165) is 5.69 Å². The Morgan fingerprint density at radius 1 is 1.24 bits per heavy atom. The van der Waals surface area contributed by atoms with Crippen LogP contribution in [0.5, 0.6) is 0 Å². The molecule has 1 unspecified atom stereocenters. The molecule has 0 aliphatic rings. The number of sulfone groups is 1. The molecular formula is C12H19NO3S. The van der Waals surface area contributed by atoms with Crippen LogP contribution in [-0.2, 0) is 9.84 Å². The van der Waals surface area contributed by atoms with Gasteiger partial charge in [-0.15, -0.1) is 0 Å². The van der Waals surface area contributed by atoms with E-state index in [0.29, 0.717) is 0 Å². The number of rotatable bonds is 4. The lowest BCUT2D eigenvalue weighted by Crippen LogP contribution is -2.41. The van der Waals surface area contributed by atoms with Crippen molar-refractivity contribution in [2.45, 2.75) is 37.3 Å². The number of benzene rings is 1. The summed E-state index contributed by atoms with van der Waals surface area (Å²) in [6, 6.07) is 6.49. The molecule has 1 aromatic rings. The molecule has 0 heterocycles. The molecule has 1 rings (SSSR count). The first-order valence-electron chi connectivity index (χ1n) is 5.39. The van der Waals surface area contributed by atoms with Gasteiger partial charge in [0, 0.05) is 11.9 Å². The van der Waals surface area contributed by atoms with E-state index in [1.807, 2.05) is 13.8 Å². The molecule has 0 spiro atoms. The molecule has 5 heteroatoms. The van der Waals surface area contributed by atoms with E-state index >= 15 is 0 Å². The van der Waals surface area contributed by atoms with Crippen LogP contribution in [0.2, 0.25) is 0 Å². The van der Waals surface area contributed by atoms with Crippen molar-refractivity contribution in [3.05, 3.63) is 24.3 Å². The minimum absolute atomic E-state index is 0.290. The van der Waals surface area contributed by atoms with E-state index < -0.39 is 21.5 Å². The third-order valence-electron chi connectivity index (χ3n) is 2.79. The monoisotopic (exact) mass is 257 g/mol. The average Bonchev–Trinajstić information content (AvgIpc) is 2.16. The quantitative estimate of drug-likeness (QED) is 0.861. The van der Waals surface area contributed by atoms with Crippen LogP contribution in [-0.4, -0.2) is 31.4 Å². The number of nitrogens with one attached hydrogen (secondary N) is 1. The first kappa shape index (κ1) is 14.0. The van der Waals surface area contributed by atoms with Crippen molar-refractivity contribution >= 4 is 15.5 Å². The van der Waals surface area contributed by atoms with Crippen LogP contribution in [0.3, 0.4) is 0 Å². The van der Waals surface area contributed by atoms with E-state index in [4.69, 9.17) is 0 Å². The molecule has 2 N–H and O–H groups in total. The zero-order chi connectivity index (χ0) is 13.3. The summed E-state index contributed by atoms with van der Waals surface area (Å²) in [5.74, 6) is 0. The van der Waals surface area contributed by atoms with E-state index in [2.05, 4.69) is 5.32 Å². The molecule has 0 radical (unpaired) electrons. The van der Waals surface area contributed by atoms with Gasteiger partial charge in [0.05, 0.1) is 16.5 Å². The average molecular weight is 257 g/mol. The van der Waals surface area contributed by atoms with Crippen molar-refractivity contribution in [1.82, 2.24) is 0 Å². The van der Waals surface area contributed by atoms with Crippen molar-refractivity contribution in [1.29, 1.82) is 0 Å². The van der Waals surface area contributed by atoms with Gasteiger partial charge in [0.1, 0.15) is 0 Å². The molecule has 4 nitrogen and oxygen atoms in total. The Labute approximate surface area is 103 Å². The minimum atomic E-state index is -3.16. The van der Waals surface area contributed by atoms with E-state index in [1.54, 1.807) is 31.2 Å². The van der Waals surface area contributed by atoms with Crippen molar-refractivity contribution in [2.75, 3.05) is 11.6 Å². The Kier molecular flexibility index (Phi) is 3.84. The predicted octanol–water partition coefficient (Wildman–Crippen LogP) is 1.66. The second-order valence-corrected chi connectivity index (χ2v) is 6.83. The predicted molar refractivity (Wildman–Crippen MR) is 68.9 cm³/mol. The largest absolute Gasteiger partial charge is 0.391 e. The lowest BCUT2D eigenvalue weighted by Gasteiger charge is -2.30. The fourth-order valence-corrected chi connectivity index (χ4v) is 1.89. The third-order valence-corrected chi connectivity index (χ3v) is 3.92. The molecule has 1 aromatic carbocycles. The number of hydrogen-bond donors (Lipinski definition) is 2. The molecule has 0 bridgehead atoms. The zero-order valence-electron chi connectivity index (χ0n) is 10.6. The van der Waals surface area contributed by atoms with E-state index in [-0.39, 0.29) is 4.90 Å². The van der Waals surface area contributed by atoms with E-state index in [9.17, 15) is 13.5 Å². The highest BCUT2D eigenvalue weighted by Crippen LogP contribution is 2.20. The van der Waals surface area contributed by atoms with Crippen LogP contribution >= 0.6 is 0 Å². The third kappa shape index (κ3) is 3.71. The van der Waals surface area contributed by atoms with Gasteiger partial charge in [0.15, 0.2) is 9.84 Å². The second kappa shape index (κ2) is 4.66. The molecule has 17 heavy (non-hydrogen) atoms. The fourth-order valence-electron chi connectivity index (χ4n) is 1.26. The summed E-state index contributed by atoms with van der Waals surface area (Å²) in [4.78, 5) is 0.290. The highest BCUT2D eigenvalue weighted by atomic mass is 32.2. The van der Waals surface area contributed by atoms with E-state index in [1.165, 1.54) is 6.26 Å². The van der Waals surface area contributed by atoms with Gasteiger partial charge in [-0.1, -0.05) is 0 Å². The summed E-state index contributed by atoms with van der Waals surface area (Å²) in [5, 5.41) is 12.7. The first-order valence-corrected chi connectivity index (χ1v) is 7.28. The maximum Gasteiger partial charge on any atom is 0.175 e. The summed E-state index contributed by atoms with van der Waals surface area (Å²) < 4.78 is 22.6. The molecule has 0 saturated carbocycles. The molecule has 0 aromatic heterocycles. The Balaban J connectivity index is 2.90. The number of aliphatic hydroxyl groups excluding tert-OH is 1. The fraction of sp³-hybridized carbons (Fsp3) is 0.500. The van der Waals surface area contributed by atoms with Crippen LogP contribution in [0.1, 0.15) is 20.8 Å². The van der Waals surface area contributed by atoms with Crippen molar-refractivity contribution in [3.8, 4) is 0 Å². The number of anilines is 1. The van der Waals surface area contributed by atoms with Crippen molar-refractivity contribution in [2.24, 2.45) is 0 Å². The maximum absolute atomic E-state index is 11.3.